The number of benzene rings is 2. The van der Waals surface area contributed by atoms with Crippen LogP contribution in [-0.2, 0) is 19.9 Å². The first kappa shape index (κ1) is 29.4. The van der Waals surface area contributed by atoms with Crippen LogP contribution >= 0.6 is 0 Å². The Balaban J connectivity index is 0.000000330. The maximum absolute atomic E-state index is 12.5. The Morgan fingerprint density at radius 2 is 1.03 bits per heavy atom. The zero-order chi connectivity index (χ0) is 25.2. The van der Waals surface area contributed by atoms with Crippen LogP contribution in [0.5, 0.6) is 0 Å². The van der Waals surface area contributed by atoms with Gasteiger partial charge in [0.05, 0.1) is 0 Å². The molecule has 0 bridgehead atoms. The Bertz CT molecular complexity index is 1140. The van der Waals surface area contributed by atoms with Crippen molar-refractivity contribution in [2.45, 2.75) is 65.1 Å². The number of primary sulfonamides is 1. The van der Waals surface area contributed by atoms with Crippen LogP contribution in [0.4, 0.5) is 0 Å². The Kier molecular flexibility index (Phi) is 9.50. The zero-order valence-corrected chi connectivity index (χ0v) is 26.7. The van der Waals surface area contributed by atoms with Crippen molar-refractivity contribution in [1.29, 1.82) is 0 Å². The molecule has 0 unspecified atom stereocenters. The topological polar surface area (TPSA) is 94.3 Å². The summed E-state index contributed by atoms with van der Waals surface area (Å²) in [6.45, 7) is 5.89. The molecule has 2 rings (SSSR count). The van der Waals surface area contributed by atoms with E-state index < -0.39 is 46.4 Å². The van der Waals surface area contributed by atoms with Crippen LogP contribution in [0.3, 0.4) is 0 Å². The van der Waals surface area contributed by atoms with Gasteiger partial charge < -0.3 is 0 Å². The first-order valence-corrected chi connectivity index (χ1v) is 28.5. The molecule has 5 nitrogen and oxygen atoms in total. The average molecular weight is 603 g/mol. The summed E-state index contributed by atoms with van der Waals surface area (Å²) in [5, 5.41) is 5.16. The summed E-state index contributed by atoms with van der Waals surface area (Å²) in [5.41, 5.74) is -0.211. The quantitative estimate of drug-likeness (QED) is 0.525. The molecule has 0 saturated carbocycles. The van der Waals surface area contributed by atoms with E-state index in [0.717, 1.165) is 8.79 Å². The van der Waals surface area contributed by atoms with Crippen LogP contribution in [-0.4, -0.2) is 49.1 Å². The molecular weight excluding hydrogens is 564 g/mol. The number of hydrogen-bond donors (Lipinski definition) is 1. The third-order valence-corrected chi connectivity index (χ3v) is 17.3. The van der Waals surface area contributed by atoms with E-state index in [9.17, 15) is 16.8 Å². The molecule has 2 aromatic carbocycles. The predicted octanol–water partition coefficient (Wildman–Crippen LogP) is 3.93. The van der Waals surface area contributed by atoms with Gasteiger partial charge in [-0.15, -0.1) is 0 Å². The van der Waals surface area contributed by atoms with E-state index >= 15 is 0 Å². The molecule has 0 fully saturated rings. The van der Waals surface area contributed by atoms with Gasteiger partial charge in [-0.2, -0.15) is 0 Å². The summed E-state index contributed by atoms with van der Waals surface area (Å²) in [4.78, 5) is 0.861. The average Bonchev–Trinajstić information content (AvgIpc) is 2.58. The molecule has 0 amide bonds. The second-order valence-corrected chi connectivity index (χ2v) is 36.0. The molecule has 2 aromatic rings. The van der Waals surface area contributed by atoms with Crippen molar-refractivity contribution in [2.75, 3.05) is 5.75 Å². The minimum absolute atomic E-state index is 0.204. The van der Waals surface area contributed by atoms with Gasteiger partial charge in [-0.05, 0) is 0 Å². The van der Waals surface area contributed by atoms with Gasteiger partial charge >= 0.3 is 202 Å². The molecule has 0 heterocycles. The molecule has 0 aliphatic heterocycles. The van der Waals surface area contributed by atoms with Crippen LogP contribution < -0.4 is 13.9 Å². The number of sulfone groups is 1. The fraction of sp³-hybridized carbons (Fsp3) is 0.478. The molecule has 0 aromatic heterocycles. The number of nitrogens with two attached hydrogens (primary N) is 1. The van der Waals surface area contributed by atoms with Gasteiger partial charge in [0.25, 0.3) is 0 Å². The van der Waals surface area contributed by atoms with E-state index in [-0.39, 0.29) is 11.2 Å². The van der Waals surface area contributed by atoms with Crippen molar-refractivity contribution >= 4 is 55.2 Å². The van der Waals surface area contributed by atoms with E-state index in [0.29, 0.717) is 9.79 Å². The zero-order valence-electron chi connectivity index (χ0n) is 20.9. The SMILES string of the molecule is CC(C)(C)CS(=O)(=O)c1cccc[c]1[Ge]([CH3])([CH3])[CH3].[CH3][Ge]([CH3])([CH3])[c]1ccccc1S(N)(=O)=O. The van der Waals surface area contributed by atoms with Gasteiger partial charge in [-0.1, -0.05) is 0 Å². The predicted molar refractivity (Wildman–Crippen MR) is 142 cm³/mol. The molecule has 0 spiro atoms. The van der Waals surface area contributed by atoms with E-state index in [1.54, 1.807) is 18.2 Å². The summed E-state index contributed by atoms with van der Waals surface area (Å²) < 4.78 is 49.7. The second-order valence-electron chi connectivity index (χ2n) is 11.4. The van der Waals surface area contributed by atoms with E-state index in [1.807, 2.05) is 51.1 Å². The second kappa shape index (κ2) is 10.3. The van der Waals surface area contributed by atoms with Crippen LogP contribution in [0.15, 0.2) is 58.3 Å². The molecule has 180 valence electrons. The van der Waals surface area contributed by atoms with Gasteiger partial charge in [-0.25, -0.2) is 0 Å². The molecule has 0 radical (unpaired) electrons. The molecule has 2 N–H and O–H groups in total. The van der Waals surface area contributed by atoms with Crippen LogP contribution in [0.1, 0.15) is 20.8 Å². The normalized spacial score (nSPS) is 13.3. The fourth-order valence-electron chi connectivity index (χ4n) is 3.34. The van der Waals surface area contributed by atoms with E-state index in [2.05, 4.69) is 34.5 Å². The van der Waals surface area contributed by atoms with Gasteiger partial charge in [0.1, 0.15) is 0 Å². The standard InChI is InChI=1S/C14H24GeO2S.C9H15GeNO2S/c1-14(2,3)11-18(16,17)13-10-8-7-9-12(13)15(4,5)6;1-10(2,3)8-6-4-5-7-9(8)14(11,12)13/h7-10H,11H2,1-6H3;4-7H,1-3H3,(H2,11,12,13). The Morgan fingerprint density at radius 1 is 0.688 bits per heavy atom. The van der Waals surface area contributed by atoms with Gasteiger partial charge in [0.15, 0.2) is 0 Å². The Hall–Kier alpha value is -0.614. The maximum atomic E-state index is 12.5. The van der Waals surface area contributed by atoms with Gasteiger partial charge in [0.2, 0.25) is 0 Å². The van der Waals surface area contributed by atoms with Crippen molar-refractivity contribution in [3.63, 3.8) is 0 Å². The Labute approximate surface area is 200 Å². The van der Waals surface area contributed by atoms with E-state index in [1.165, 1.54) is 0 Å². The molecular formula is C23H39Ge2NO4S2. The Morgan fingerprint density at radius 3 is 1.34 bits per heavy atom. The molecule has 9 heteroatoms. The van der Waals surface area contributed by atoms with Crippen LogP contribution in [0, 0.1) is 5.41 Å². The van der Waals surface area contributed by atoms with Gasteiger partial charge in [0, 0.05) is 0 Å². The molecule has 0 aliphatic carbocycles. The number of sulfonamides is 1. The third kappa shape index (κ3) is 8.97. The molecule has 0 saturated heterocycles. The van der Waals surface area contributed by atoms with Crippen molar-refractivity contribution < 1.29 is 16.8 Å². The van der Waals surface area contributed by atoms with Crippen molar-refractivity contribution in [3.8, 4) is 0 Å². The summed E-state index contributed by atoms with van der Waals surface area (Å²) in [5.74, 6) is 13.3. The van der Waals surface area contributed by atoms with E-state index in [4.69, 9.17) is 5.14 Å². The molecule has 32 heavy (non-hydrogen) atoms. The number of rotatable bonds is 5. The van der Waals surface area contributed by atoms with Gasteiger partial charge in [-0.3, -0.25) is 0 Å². The number of hydrogen-bond acceptors (Lipinski definition) is 4. The molecule has 0 atom stereocenters. The first-order chi connectivity index (χ1) is 14.2. The van der Waals surface area contributed by atoms with Crippen LogP contribution in [0.25, 0.3) is 0 Å². The minimum atomic E-state index is -3.57. The first-order valence-electron chi connectivity index (χ1n) is 10.6. The summed E-state index contributed by atoms with van der Waals surface area (Å²) in [6, 6.07) is 14.6. The van der Waals surface area contributed by atoms with Crippen molar-refractivity contribution in [3.05, 3.63) is 48.5 Å². The monoisotopic (exact) mass is 605 g/mol. The summed E-state index contributed by atoms with van der Waals surface area (Å²) >= 11 is -4.31. The summed E-state index contributed by atoms with van der Waals surface area (Å²) in [7, 11) is -6.75. The third-order valence-electron chi connectivity index (χ3n) is 4.65. The van der Waals surface area contributed by atoms with Crippen molar-refractivity contribution in [2.24, 2.45) is 10.6 Å². The summed E-state index contributed by atoms with van der Waals surface area (Å²) in [6.07, 6.45) is 0. The molecule has 0 aliphatic rings. The van der Waals surface area contributed by atoms with Crippen molar-refractivity contribution in [1.82, 2.24) is 0 Å². The van der Waals surface area contributed by atoms with Crippen LogP contribution in [0.2, 0.25) is 34.5 Å². The fourth-order valence-corrected chi connectivity index (χ4v) is 17.0.